The lowest BCUT2D eigenvalue weighted by atomic mass is 9.83. The van der Waals surface area contributed by atoms with Gasteiger partial charge in [-0.25, -0.2) is 0 Å². The molecule has 1 nitrogen and oxygen atoms in total. The lowest BCUT2D eigenvalue weighted by molar-refractivity contribution is 0.618. The number of allylic oxidation sites excluding steroid dienone is 2. The van der Waals surface area contributed by atoms with E-state index in [4.69, 9.17) is 0 Å². The van der Waals surface area contributed by atoms with Crippen LogP contribution in [-0.2, 0) is 5.54 Å². The fourth-order valence-corrected chi connectivity index (χ4v) is 2.51. The van der Waals surface area contributed by atoms with E-state index in [9.17, 15) is 0 Å². The zero-order valence-electron chi connectivity index (χ0n) is 10.8. The Labute approximate surface area is 114 Å². The number of benzene rings is 2. The molecule has 94 valence electrons. The highest BCUT2D eigenvalue weighted by Crippen LogP contribution is 2.33. The van der Waals surface area contributed by atoms with Gasteiger partial charge in [-0.1, -0.05) is 72.8 Å². The minimum absolute atomic E-state index is 0.142. The first-order valence-electron chi connectivity index (χ1n) is 6.62. The zero-order chi connectivity index (χ0) is 13.0. The van der Waals surface area contributed by atoms with Crippen molar-refractivity contribution in [3.8, 4) is 0 Å². The Morgan fingerprint density at radius 2 is 1.47 bits per heavy atom. The standard InChI is InChI=1S/C18H17N/c1-4-10-16(11-5-1)18(14-8-3-9-15-18)19-17-12-6-2-7-13-17/h1-14,19H,15H2. The smallest absolute Gasteiger partial charge is 0.0847 e. The van der Waals surface area contributed by atoms with Crippen LogP contribution in [0.2, 0.25) is 0 Å². The lowest BCUT2D eigenvalue weighted by Gasteiger charge is -2.34. The summed E-state index contributed by atoms with van der Waals surface area (Å²) in [6.07, 6.45) is 9.64. The van der Waals surface area contributed by atoms with E-state index in [1.165, 1.54) is 5.56 Å². The minimum atomic E-state index is -0.142. The third kappa shape index (κ3) is 2.45. The number of hydrogen-bond acceptors (Lipinski definition) is 1. The van der Waals surface area contributed by atoms with Crippen molar-refractivity contribution in [2.75, 3.05) is 5.32 Å². The Balaban J connectivity index is 1.99. The summed E-state index contributed by atoms with van der Waals surface area (Å²) >= 11 is 0. The SMILES string of the molecule is C1=CCC(Nc2ccccc2)(c2ccccc2)C=C1. The molecule has 2 aromatic rings. The second kappa shape index (κ2) is 5.15. The van der Waals surface area contributed by atoms with Gasteiger partial charge < -0.3 is 5.32 Å². The average Bonchev–Trinajstić information content (AvgIpc) is 2.50. The molecule has 1 unspecified atom stereocenters. The molecule has 0 fully saturated rings. The van der Waals surface area contributed by atoms with Crippen LogP contribution in [0.5, 0.6) is 0 Å². The van der Waals surface area contributed by atoms with Crippen LogP contribution in [0.4, 0.5) is 5.69 Å². The van der Waals surface area contributed by atoms with E-state index in [-0.39, 0.29) is 5.54 Å². The van der Waals surface area contributed by atoms with Gasteiger partial charge >= 0.3 is 0 Å². The van der Waals surface area contributed by atoms with Gasteiger partial charge in [0.05, 0.1) is 5.54 Å². The van der Waals surface area contributed by atoms with Gasteiger partial charge in [0.15, 0.2) is 0 Å². The van der Waals surface area contributed by atoms with Crippen LogP contribution < -0.4 is 5.32 Å². The maximum Gasteiger partial charge on any atom is 0.0847 e. The quantitative estimate of drug-likeness (QED) is 0.841. The molecular formula is C18H17N. The Morgan fingerprint density at radius 3 is 2.11 bits per heavy atom. The zero-order valence-corrected chi connectivity index (χ0v) is 10.8. The third-order valence-electron chi connectivity index (χ3n) is 3.50. The molecular weight excluding hydrogens is 230 g/mol. The second-order valence-corrected chi connectivity index (χ2v) is 4.82. The molecule has 0 heterocycles. The topological polar surface area (TPSA) is 12.0 Å². The van der Waals surface area contributed by atoms with Crippen molar-refractivity contribution < 1.29 is 0 Å². The Bertz CT molecular complexity index is 584. The molecule has 0 amide bonds. The van der Waals surface area contributed by atoms with Gasteiger partial charge in [0.25, 0.3) is 0 Å². The average molecular weight is 247 g/mol. The summed E-state index contributed by atoms with van der Waals surface area (Å²) in [6, 6.07) is 21.0. The molecule has 1 heteroatoms. The summed E-state index contributed by atoms with van der Waals surface area (Å²) in [7, 11) is 0. The largest absolute Gasteiger partial charge is 0.372 e. The van der Waals surface area contributed by atoms with Crippen LogP contribution in [0.15, 0.2) is 85.0 Å². The van der Waals surface area contributed by atoms with E-state index in [0.29, 0.717) is 0 Å². The predicted octanol–water partition coefficient (Wildman–Crippen LogP) is 4.51. The highest BCUT2D eigenvalue weighted by Gasteiger charge is 2.28. The molecule has 0 aromatic heterocycles. The van der Waals surface area contributed by atoms with Gasteiger partial charge in [0, 0.05) is 5.69 Å². The van der Waals surface area contributed by atoms with Gasteiger partial charge in [0.1, 0.15) is 0 Å². The molecule has 1 atom stereocenters. The number of hydrogen-bond donors (Lipinski definition) is 1. The van der Waals surface area contributed by atoms with Crippen LogP contribution in [0.3, 0.4) is 0 Å². The van der Waals surface area contributed by atoms with Crippen LogP contribution in [0.1, 0.15) is 12.0 Å². The van der Waals surface area contributed by atoms with Crippen molar-refractivity contribution in [3.63, 3.8) is 0 Å². The van der Waals surface area contributed by atoms with Crippen LogP contribution in [-0.4, -0.2) is 0 Å². The number of anilines is 1. The van der Waals surface area contributed by atoms with Gasteiger partial charge in [-0.05, 0) is 24.1 Å². The number of rotatable bonds is 3. The van der Waals surface area contributed by atoms with Crippen molar-refractivity contribution in [1.29, 1.82) is 0 Å². The van der Waals surface area contributed by atoms with Crippen LogP contribution in [0.25, 0.3) is 0 Å². The van der Waals surface area contributed by atoms with Crippen molar-refractivity contribution in [1.82, 2.24) is 0 Å². The second-order valence-electron chi connectivity index (χ2n) is 4.82. The molecule has 2 aromatic carbocycles. The molecule has 1 N–H and O–H groups in total. The van der Waals surface area contributed by atoms with E-state index >= 15 is 0 Å². The third-order valence-corrected chi connectivity index (χ3v) is 3.50. The summed E-state index contributed by atoms with van der Waals surface area (Å²) in [6.45, 7) is 0. The molecule has 0 bridgehead atoms. The first-order chi connectivity index (χ1) is 9.39. The first kappa shape index (κ1) is 11.8. The molecule has 3 rings (SSSR count). The molecule has 0 spiro atoms. The summed E-state index contributed by atoms with van der Waals surface area (Å²) in [5.74, 6) is 0. The van der Waals surface area contributed by atoms with Crippen molar-refractivity contribution in [2.24, 2.45) is 0 Å². The Kier molecular flexibility index (Phi) is 3.20. The highest BCUT2D eigenvalue weighted by molar-refractivity contribution is 5.51. The van der Waals surface area contributed by atoms with Crippen LogP contribution >= 0.6 is 0 Å². The van der Waals surface area contributed by atoms with Crippen molar-refractivity contribution >= 4 is 5.69 Å². The van der Waals surface area contributed by atoms with Crippen molar-refractivity contribution in [2.45, 2.75) is 12.0 Å². The minimum Gasteiger partial charge on any atom is -0.372 e. The van der Waals surface area contributed by atoms with Gasteiger partial charge in [-0.3, -0.25) is 0 Å². The molecule has 19 heavy (non-hydrogen) atoms. The lowest BCUT2D eigenvalue weighted by Crippen LogP contribution is -2.33. The maximum atomic E-state index is 3.67. The summed E-state index contributed by atoms with van der Waals surface area (Å²) in [5, 5.41) is 3.67. The first-order valence-corrected chi connectivity index (χ1v) is 6.62. The Hall–Kier alpha value is -2.28. The summed E-state index contributed by atoms with van der Waals surface area (Å²) in [4.78, 5) is 0. The van der Waals surface area contributed by atoms with E-state index in [2.05, 4.69) is 84.2 Å². The molecule has 1 aliphatic rings. The van der Waals surface area contributed by atoms with E-state index < -0.39 is 0 Å². The molecule has 0 aliphatic heterocycles. The highest BCUT2D eigenvalue weighted by atomic mass is 15.0. The monoisotopic (exact) mass is 247 g/mol. The number of nitrogens with one attached hydrogen (secondary N) is 1. The molecule has 0 saturated heterocycles. The van der Waals surface area contributed by atoms with Crippen LogP contribution in [0, 0.1) is 0 Å². The Morgan fingerprint density at radius 1 is 0.789 bits per heavy atom. The van der Waals surface area contributed by atoms with Crippen molar-refractivity contribution in [3.05, 3.63) is 90.5 Å². The number of para-hydroxylation sites is 1. The van der Waals surface area contributed by atoms with Gasteiger partial charge in [0.2, 0.25) is 0 Å². The summed E-state index contributed by atoms with van der Waals surface area (Å²) in [5.41, 5.74) is 2.29. The summed E-state index contributed by atoms with van der Waals surface area (Å²) < 4.78 is 0. The molecule has 0 saturated carbocycles. The van der Waals surface area contributed by atoms with E-state index in [0.717, 1.165) is 12.1 Å². The predicted molar refractivity (Wildman–Crippen MR) is 81.1 cm³/mol. The van der Waals surface area contributed by atoms with Gasteiger partial charge in [-0.15, -0.1) is 0 Å². The van der Waals surface area contributed by atoms with E-state index in [1.807, 2.05) is 6.07 Å². The van der Waals surface area contributed by atoms with Gasteiger partial charge in [-0.2, -0.15) is 0 Å². The van der Waals surface area contributed by atoms with E-state index in [1.54, 1.807) is 0 Å². The molecule has 1 aliphatic carbocycles. The molecule has 0 radical (unpaired) electrons. The fourth-order valence-electron chi connectivity index (χ4n) is 2.51. The normalized spacial score (nSPS) is 21.3. The fraction of sp³-hybridized carbons (Fsp3) is 0.111. The maximum absolute atomic E-state index is 3.67.